The molecule has 8 aromatic rings. The molecule has 17 heteroatoms. The van der Waals surface area contributed by atoms with Crippen LogP contribution in [0.15, 0.2) is 88.0 Å². The summed E-state index contributed by atoms with van der Waals surface area (Å²) in [6.07, 6.45) is 37.4. The van der Waals surface area contributed by atoms with Gasteiger partial charge in [-0.1, -0.05) is 148 Å². The zero-order valence-electron chi connectivity index (χ0n) is 66.3. The summed E-state index contributed by atoms with van der Waals surface area (Å²) in [4.78, 5) is 37.7. The molecule has 3 heterocycles. The second-order valence-electron chi connectivity index (χ2n) is 33.8. The van der Waals surface area contributed by atoms with E-state index in [1.165, 1.54) is 170 Å². The van der Waals surface area contributed by atoms with E-state index in [0.29, 0.717) is 13.2 Å². The summed E-state index contributed by atoms with van der Waals surface area (Å²) in [6, 6.07) is 24.4. The van der Waals surface area contributed by atoms with Crippen molar-refractivity contribution in [3.63, 3.8) is 0 Å². The minimum Gasteiger partial charge on any atom is -0.417 e. The van der Waals surface area contributed by atoms with Crippen LogP contribution >= 0.6 is 34.0 Å². The molecule has 0 amide bonds. The average molecular weight is 1540 g/mol. The summed E-state index contributed by atoms with van der Waals surface area (Å²) >= 11 is 5.49. The monoisotopic (exact) mass is 1540 g/mol. The van der Waals surface area contributed by atoms with Gasteiger partial charge < -0.3 is 25.3 Å². The molecule has 0 bridgehead atoms. The number of allylic oxidation sites excluding steroid dienone is 4. The molecular weight excluding hydrogens is 1410 g/mol. The molecule has 0 atom stereocenters. The summed E-state index contributed by atoms with van der Waals surface area (Å²) in [5.41, 5.74) is 10.2. The maximum Gasteiger partial charge on any atom is 0.476 e. The molecule has 1 aliphatic rings. The first kappa shape index (κ1) is 82.7. The normalized spacial score (nSPS) is 13.9. The Labute approximate surface area is 634 Å². The largest absolute Gasteiger partial charge is 0.476 e. The molecule has 1 aliphatic carbocycles. The number of benzene rings is 3. The third-order valence-corrected chi connectivity index (χ3v) is 40.3. The van der Waals surface area contributed by atoms with Gasteiger partial charge in [0.2, 0.25) is 0 Å². The molecule has 3 aromatic heterocycles. The van der Waals surface area contributed by atoms with E-state index in [2.05, 4.69) is 192 Å². The molecule has 0 radical (unpaired) electrons. The topological polar surface area (TPSA) is 89.5 Å². The molecule has 0 saturated carbocycles. The van der Waals surface area contributed by atoms with Gasteiger partial charge in [0.25, 0.3) is 0 Å². The Morgan fingerprint density at radius 1 is 0.373 bits per heavy atom. The summed E-state index contributed by atoms with van der Waals surface area (Å²) in [5.74, 6) is 0. The number of hydrogen-bond donors (Lipinski definition) is 0. The lowest BCUT2D eigenvalue weighted by molar-refractivity contribution is 0.163. The van der Waals surface area contributed by atoms with Gasteiger partial charge in [0, 0.05) is 83.9 Å². The molecule has 0 unspecified atom stereocenters. The lowest BCUT2D eigenvalue weighted by Crippen LogP contribution is -2.54. The number of unbranched alkanes of at least 4 members (excludes halogenated alkanes) is 20. The highest BCUT2D eigenvalue weighted by molar-refractivity contribution is 7.16. The second-order valence-corrected chi connectivity index (χ2v) is 61.6. The van der Waals surface area contributed by atoms with E-state index in [-0.39, 0.29) is 10.9 Å². The van der Waals surface area contributed by atoms with Crippen LogP contribution in [0.1, 0.15) is 217 Å². The molecule has 0 spiro atoms. The van der Waals surface area contributed by atoms with E-state index in [1.807, 2.05) is 11.3 Å². The van der Waals surface area contributed by atoms with Crippen LogP contribution in [0.2, 0.25) is 91.7 Å². The summed E-state index contributed by atoms with van der Waals surface area (Å²) in [5, 5.41) is 8.11. The van der Waals surface area contributed by atoms with Gasteiger partial charge in [0.15, 0.2) is 44.1 Å². The predicted molar refractivity (Wildman–Crippen MR) is 462 cm³/mol. The van der Waals surface area contributed by atoms with Crippen LogP contribution in [-0.2, 0) is 44.6 Å². The van der Waals surface area contributed by atoms with Crippen LogP contribution in [0.5, 0.6) is 0 Å². The summed E-state index contributed by atoms with van der Waals surface area (Å²) in [6.45, 7) is 40.9. The first-order chi connectivity index (χ1) is 48.4. The molecule has 8 nitrogen and oxygen atoms in total. The molecule has 0 fully saturated rings. The maximum atomic E-state index is 15.5. The van der Waals surface area contributed by atoms with Gasteiger partial charge in [-0.2, -0.15) is 0 Å². The zero-order valence-corrected chi connectivity index (χ0v) is 74.8. The Morgan fingerprint density at radius 2 is 0.755 bits per heavy atom. The number of fused-ring (bicyclic) bond motifs is 6. The summed E-state index contributed by atoms with van der Waals surface area (Å²) < 4.78 is 40.9. The fourth-order valence-electron chi connectivity index (χ4n) is 15.8. The van der Waals surface area contributed by atoms with E-state index >= 15 is 4.79 Å². The van der Waals surface area contributed by atoms with Gasteiger partial charge in [-0.25, -0.2) is 0 Å². The fourth-order valence-corrected chi connectivity index (χ4v) is 39.7. The van der Waals surface area contributed by atoms with Gasteiger partial charge in [0.1, 0.15) is 0 Å². The van der Waals surface area contributed by atoms with Gasteiger partial charge in [-0.3, -0.25) is 9.59 Å². The molecule has 9 rings (SSSR count). The van der Waals surface area contributed by atoms with Crippen LogP contribution in [0.25, 0.3) is 75.1 Å². The van der Waals surface area contributed by atoms with Crippen molar-refractivity contribution in [2.45, 2.75) is 306 Å². The lowest BCUT2D eigenvalue weighted by Gasteiger charge is -2.37. The number of rotatable bonds is 46. The van der Waals surface area contributed by atoms with E-state index in [4.69, 9.17) is 25.3 Å². The van der Waals surface area contributed by atoms with Crippen LogP contribution < -0.4 is 10.9 Å². The minimum absolute atomic E-state index is 0.0771. The predicted octanol–water partition coefficient (Wildman–Crippen LogP) is 27.3. The van der Waals surface area contributed by atoms with E-state index in [1.54, 1.807) is 33.8 Å². The Balaban J connectivity index is 1.09. The maximum absolute atomic E-state index is 15.5. The van der Waals surface area contributed by atoms with Crippen molar-refractivity contribution in [3.05, 3.63) is 135 Å². The molecule has 0 saturated heterocycles. The van der Waals surface area contributed by atoms with Crippen LogP contribution in [0, 0.1) is 13.8 Å². The van der Waals surface area contributed by atoms with Crippen molar-refractivity contribution in [3.8, 4) is 20.9 Å². The highest BCUT2D eigenvalue weighted by atomic mass is 32.1. The Kier molecular flexibility index (Phi) is 30.1. The van der Waals surface area contributed by atoms with Gasteiger partial charge in [-0.15, -0.1) is 34.0 Å². The SMILES string of the molecule is CCCCCCCCCCCCC1=C(c2sc(C)cc2CCCCCCCCCCCC)CC(c2ccc(-c3cc4c(ccc5c(CCCCO[Si](C)(O[Si](C)(C)C)O[Si](C)(C)C)c6c(ccc7c(=O)c(-c8ccc(C)s8)cc76)c(CCCCO[Si](C)(O[Si](C)(C)C)O[Si](C)(C)C)c54)c3=O)s2)=C1. The Morgan fingerprint density at radius 3 is 1.18 bits per heavy atom. The van der Waals surface area contributed by atoms with Crippen molar-refractivity contribution in [1.82, 2.24) is 0 Å². The van der Waals surface area contributed by atoms with Gasteiger partial charge in [0.05, 0.1) is 0 Å². The van der Waals surface area contributed by atoms with Crippen molar-refractivity contribution >= 4 is 139 Å². The van der Waals surface area contributed by atoms with E-state index in [0.717, 1.165) is 122 Å². The first-order valence-corrected chi connectivity index (χ1v) is 60.3. The number of thiophene rings is 3. The van der Waals surface area contributed by atoms with Crippen molar-refractivity contribution in [2.75, 3.05) is 13.2 Å². The first-order valence-electron chi connectivity index (χ1n) is 39.7. The van der Waals surface area contributed by atoms with Crippen LogP contribution in [-0.4, -0.2) is 64.1 Å². The number of hydrogen-bond acceptors (Lipinski definition) is 11. The smallest absolute Gasteiger partial charge is 0.417 e. The van der Waals surface area contributed by atoms with E-state index in [9.17, 15) is 4.79 Å². The minimum atomic E-state index is -2.95. The summed E-state index contributed by atoms with van der Waals surface area (Å²) in [7, 11) is -13.9. The Hall–Kier alpha value is -3.36. The highest BCUT2D eigenvalue weighted by Gasteiger charge is 2.44. The molecule has 5 aromatic carbocycles. The molecule has 0 N–H and O–H groups in total. The third-order valence-electron chi connectivity index (χ3n) is 19.7. The highest BCUT2D eigenvalue weighted by Crippen LogP contribution is 2.48. The number of aryl methyl sites for hydroxylation is 5. The van der Waals surface area contributed by atoms with Crippen LogP contribution in [0.4, 0.5) is 0 Å². The average Bonchev–Trinajstić information content (AvgIpc) is 1.49. The van der Waals surface area contributed by atoms with Gasteiger partial charge in [-0.05, 0) is 277 Å². The molecule has 558 valence electrons. The Bertz CT molecular complexity index is 4180. The molecular formula is C85H128O8S3Si6. The van der Waals surface area contributed by atoms with Crippen LogP contribution in [0.3, 0.4) is 0 Å². The molecule has 102 heavy (non-hydrogen) atoms. The van der Waals surface area contributed by atoms with Gasteiger partial charge >= 0.3 is 17.6 Å². The van der Waals surface area contributed by atoms with E-state index < -0.39 is 50.9 Å². The standard InChI is InChI=1S/C85H128O8S3Si6/c1-19-21-23-25-27-29-31-33-35-37-43-64-58-66(59-73(64)85-65(57-63(4)95-85)44-38-36-34-32-30-28-26-24-22-20-2)78-53-54-80(96-78)77-61-75-72(84(77)87)51-49-70-67(45-39-41-55-88-101(17,90-97(5,6)7)91-98(8,9)10)81-69(48-50-71-74(81)60-76(83(71)86)79-52-47-62(3)94-79)68(82(70)75)46-40-42-56-89-102(18,92-99(11,12)13)93-100(14,15)16/h47-54,57-58,60-61H,19-46,55-56,59H2,1-18H3. The molecule has 0 aliphatic heterocycles. The third kappa shape index (κ3) is 23.3. The van der Waals surface area contributed by atoms with Crippen molar-refractivity contribution in [2.24, 2.45) is 0 Å². The quantitative estimate of drug-likeness (QED) is 0.0212. The van der Waals surface area contributed by atoms with Crippen molar-refractivity contribution < 1.29 is 25.3 Å². The lowest BCUT2D eigenvalue weighted by atomic mass is 9.85. The van der Waals surface area contributed by atoms with Crippen molar-refractivity contribution in [1.29, 1.82) is 0 Å². The second kappa shape index (κ2) is 37.2. The zero-order chi connectivity index (χ0) is 73.6. The fraction of sp³-hybridized carbons (Fsp3) is 0.576.